The minimum absolute atomic E-state index is 0.177. The van der Waals surface area contributed by atoms with Crippen LogP contribution in [0.5, 0.6) is 0 Å². The zero-order valence-electron chi connectivity index (χ0n) is 10.9. The van der Waals surface area contributed by atoms with Gasteiger partial charge in [0.25, 0.3) is 0 Å². The van der Waals surface area contributed by atoms with Gasteiger partial charge in [0, 0.05) is 17.1 Å². The van der Waals surface area contributed by atoms with Crippen LogP contribution in [-0.2, 0) is 6.54 Å². The van der Waals surface area contributed by atoms with Crippen LogP contribution >= 0.6 is 11.6 Å². The molecule has 1 aromatic rings. The molecule has 0 heterocycles. The van der Waals surface area contributed by atoms with Crippen LogP contribution in [-0.4, -0.2) is 6.54 Å². The Bertz CT molecular complexity index is 386. The Balaban J connectivity index is 1.76. The van der Waals surface area contributed by atoms with Crippen molar-refractivity contribution in [2.24, 2.45) is 11.8 Å². The summed E-state index contributed by atoms with van der Waals surface area (Å²) in [4.78, 5) is 0. The Kier molecular flexibility index (Phi) is 5.02. The van der Waals surface area contributed by atoms with E-state index in [-0.39, 0.29) is 5.82 Å². The quantitative estimate of drug-likeness (QED) is 0.855. The van der Waals surface area contributed by atoms with E-state index in [1.165, 1.54) is 31.7 Å². The monoisotopic (exact) mass is 269 g/mol. The van der Waals surface area contributed by atoms with Gasteiger partial charge in [0.05, 0.1) is 0 Å². The molecule has 0 radical (unpaired) electrons. The van der Waals surface area contributed by atoms with Crippen molar-refractivity contribution in [3.8, 4) is 0 Å². The van der Waals surface area contributed by atoms with Crippen LogP contribution in [0.3, 0.4) is 0 Å². The fourth-order valence-electron chi connectivity index (χ4n) is 2.62. The topological polar surface area (TPSA) is 12.0 Å². The van der Waals surface area contributed by atoms with Crippen molar-refractivity contribution < 1.29 is 4.39 Å². The van der Waals surface area contributed by atoms with Crippen molar-refractivity contribution in [2.45, 2.75) is 39.2 Å². The van der Waals surface area contributed by atoms with Gasteiger partial charge in [-0.15, -0.1) is 0 Å². The van der Waals surface area contributed by atoms with Gasteiger partial charge in [0.1, 0.15) is 5.82 Å². The van der Waals surface area contributed by atoms with Gasteiger partial charge in [0.15, 0.2) is 0 Å². The molecule has 1 fully saturated rings. The van der Waals surface area contributed by atoms with Gasteiger partial charge in [-0.05, 0) is 49.4 Å². The lowest BCUT2D eigenvalue weighted by Crippen LogP contribution is -2.26. The number of rotatable bonds is 4. The minimum atomic E-state index is -0.177. The standard InChI is InChI=1S/C15H21ClFN/c1-11-2-4-12(5-3-11)9-18-10-13-8-14(16)6-7-15(13)17/h6-8,11-12,18H,2-5,9-10H2,1H3. The van der Waals surface area contributed by atoms with Crippen molar-refractivity contribution in [3.05, 3.63) is 34.6 Å². The van der Waals surface area contributed by atoms with Gasteiger partial charge in [-0.2, -0.15) is 0 Å². The van der Waals surface area contributed by atoms with Crippen molar-refractivity contribution in [1.29, 1.82) is 0 Å². The molecule has 2 rings (SSSR count). The van der Waals surface area contributed by atoms with Crippen LogP contribution in [0.2, 0.25) is 5.02 Å². The second kappa shape index (κ2) is 6.53. The highest BCUT2D eigenvalue weighted by Gasteiger charge is 2.17. The highest BCUT2D eigenvalue weighted by molar-refractivity contribution is 6.30. The molecule has 1 aromatic carbocycles. The molecule has 1 aliphatic rings. The molecular weight excluding hydrogens is 249 g/mol. The maximum Gasteiger partial charge on any atom is 0.127 e. The molecule has 0 spiro atoms. The molecule has 1 saturated carbocycles. The lowest BCUT2D eigenvalue weighted by atomic mass is 9.83. The largest absolute Gasteiger partial charge is 0.312 e. The molecule has 1 nitrogen and oxygen atoms in total. The molecule has 18 heavy (non-hydrogen) atoms. The zero-order valence-corrected chi connectivity index (χ0v) is 11.6. The van der Waals surface area contributed by atoms with Crippen LogP contribution < -0.4 is 5.32 Å². The van der Waals surface area contributed by atoms with E-state index in [1.54, 1.807) is 12.1 Å². The van der Waals surface area contributed by atoms with E-state index in [0.29, 0.717) is 17.1 Å². The van der Waals surface area contributed by atoms with Crippen molar-refractivity contribution in [2.75, 3.05) is 6.54 Å². The molecule has 3 heteroatoms. The average Bonchev–Trinajstić information content (AvgIpc) is 2.36. The van der Waals surface area contributed by atoms with Gasteiger partial charge < -0.3 is 5.32 Å². The fraction of sp³-hybridized carbons (Fsp3) is 0.600. The molecule has 0 aliphatic heterocycles. The molecule has 0 aromatic heterocycles. The third-order valence-electron chi connectivity index (χ3n) is 3.89. The van der Waals surface area contributed by atoms with Gasteiger partial charge in [-0.25, -0.2) is 4.39 Å². The van der Waals surface area contributed by atoms with E-state index >= 15 is 0 Å². The molecule has 0 bridgehead atoms. The second-order valence-electron chi connectivity index (χ2n) is 5.49. The van der Waals surface area contributed by atoms with Gasteiger partial charge in [0.2, 0.25) is 0 Å². The highest BCUT2D eigenvalue weighted by Crippen LogP contribution is 2.27. The summed E-state index contributed by atoms with van der Waals surface area (Å²) >= 11 is 5.87. The Hall–Kier alpha value is -0.600. The third kappa shape index (κ3) is 3.96. The number of hydrogen-bond acceptors (Lipinski definition) is 1. The third-order valence-corrected chi connectivity index (χ3v) is 4.13. The molecule has 1 aliphatic carbocycles. The number of nitrogens with one attached hydrogen (secondary N) is 1. The predicted octanol–water partition coefficient (Wildman–Crippen LogP) is 4.40. The predicted molar refractivity (Wildman–Crippen MR) is 74.2 cm³/mol. The maximum absolute atomic E-state index is 13.5. The second-order valence-corrected chi connectivity index (χ2v) is 5.93. The lowest BCUT2D eigenvalue weighted by molar-refractivity contribution is 0.281. The van der Waals surface area contributed by atoms with E-state index in [9.17, 15) is 4.39 Å². The van der Waals surface area contributed by atoms with Crippen LogP contribution in [0, 0.1) is 17.7 Å². The van der Waals surface area contributed by atoms with Gasteiger partial charge in [-0.3, -0.25) is 0 Å². The summed E-state index contributed by atoms with van der Waals surface area (Å²) in [5, 5.41) is 3.95. The van der Waals surface area contributed by atoms with E-state index < -0.39 is 0 Å². The molecule has 0 amide bonds. The normalized spacial score (nSPS) is 24.2. The molecule has 100 valence electrons. The molecule has 0 saturated heterocycles. The number of halogens is 2. The van der Waals surface area contributed by atoms with Crippen LogP contribution in [0.15, 0.2) is 18.2 Å². The Morgan fingerprint density at radius 3 is 2.72 bits per heavy atom. The number of hydrogen-bond donors (Lipinski definition) is 1. The summed E-state index contributed by atoms with van der Waals surface area (Å²) in [5.74, 6) is 1.46. The summed E-state index contributed by atoms with van der Waals surface area (Å²) in [6, 6.07) is 4.72. The van der Waals surface area contributed by atoms with E-state index in [2.05, 4.69) is 12.2 Å². The zero-order chi connectivity index (χ0) is 13.0. The molecule has 0 atom stereocenters. The summed E-state index contributed by atoms with van der Waals surface area (Å²) in [6.07, 6.45) is 5.26. The first-order valence-corrected chi connectivity index (χ1v) is 7.17. The van der Waals surface area contributed by atoms with Crippen molar-refractivity contribution in [1.82, 2.24) is 5.32 Å². The molecule has 1 N–H and O–H groups in total. The first-order valence-electron chi connectivity index (χ1n) is 6.80. The average molecular weight is 270 g/mol. The Morgan fingerprint density at radius 1 is 1.28 bits per heavy atom. The first-order chi connectivity index (χ1) is 8.65. The highest BCUT2D eigenvalue weighted by atomic mass is 35.5. The van der Waals surface area contributed by atoms with Gasteiger partial charge in [-0.1, -0.05) is 31.4 Å². The number of benzene rings is 1. The minimum Gasteiger partial charge on any atom is -0.312 e. The maximum atomic E-state index is 13.5. The fourth-order valence-corrected chi connectivity index (χ4v) is 2.82. The smallest absolute Gasteiger partial charge is 0.127 e. The summed E-state index contributed by atoms with van der Waals surface area (Å²) < 4.78 is 13.5. The van der Waals surface area contributed by atoms with E-state index in [0.717, 1.165) is 18.4 Å². The summed E-state index contributed by atoms with van der Waals surface area (Å²) in [5.41, 5.74) is 0.659. The van der Waals surface area contributed by atoms with Crippen molar-refractivity contribution >= 4 is 11.6 Å². The van der Waals surface area contributed by atoms with Gasteiger partial charge >= 0.3 is 0 Å². The van der Waals surface area contributed by atoms with Crippen molar-refractivity contribution in [3.63, 3.8) is 0 Å². The molecular formula is C15H21ClFN. The van der Waals surface area contributed by atoms with E-state index in [4.69, 9.17) is 11.6 Å². The van der Waals surface area contributed by atoms with Crippen LogP contribution in [0.4, 0.5) is 4.39 Å². The van der Waals surface area contributed by atoms with E-state index in [1.807, 2.05) is 0 Å². The Labute approximate surface area is 114 Å². The van der Waals surface area contributed by atoms with Crippen LogP contribution in [0.1, 0.15) is 38.2 Å². The first kappa shape index (κ1) is 13.8. The summed E-state index contributed by atoms with van der Waals surface area (Å²) in [6.45, 7) is 3.88. The Morgan fingerprint density at radius 2 is 2.00 bits per heavy atom. The lowest BCUT2D eigenvalue weighted by Gasteiger charge is -2.26. The summed E-state index contributed by atoms with van der Waals surface area (Å²) in [7, 11) is 0. The van der Waals surface area contributed by atoms with Crippen LogP contribution in [0.25, 0.3) is 0 Å². The molecule has 0 unspecified atom stereocenters. The SMILES string of the molecule is CC1CCC(CNCc2cc(Cl)ccc2F)CC1.